The number of carbonyl (C=O) groups is 1. The van der Waals surface area contributed by atoms with Gasteiger partial charge in [-0.3, -0.25) is 5.32 Å². The maximum absolute atomic E-state index is 12.9. The molecule has 0 fully saturated rings. The zero-order valence-electron chi connectivity index (χ0n) is 13.7. The monoisotopic (exact) mass is 413 g/mol. The fourth-order valence-electron chi connectivity index (χ4n) is 2.20. The van der Waals surface area contributed by atoms with E-state index in [9.17, 15) is 18.0 Å². The van der Waals surface area contributed by atoms with Crippen molar-refractivity contribution in [1.82, 2.24) is 9.59 Å². The van der Waals surface area contributed by atoms with E-state index in [1.54, 1.807) is 19.1 Å². The van der Waals surface area contributed by atoms with Crippen LogP contribution in [0, 0.1) is 6.92 Å². The Morgan fingerprint density at radius 2 is 1.89 bits per heavy atom. The molecule has 3 rings (SSSR count). The maximum Gasteiger partial charge on any atom is 0.418 e. The van der Waals surface area contributed by atoms with E-state index in [2.05, 4.69) is 14.9 Å². The molecule has 0 aliphatic carbocycles. The fraction of sp³-hybridized carbons (Fsp3) is 0.118. The van der Waals surface area contributed by atoms with Crippen LogP contribution in [-0.2, 0) is 6.18 Å². The van der Waals surface area contributed by atoms with Crippen LogP contribution >= 0.6 is 23.1 Å². The zero-order chi connectivity index (χ0) is 19.6. The molecule has 0 aliphatic rings. The minimum Gasteiger partial charge on any atom is -0.395 e. The number of halogens is 4. The minimum absolute atomic E-state index is 0.191. The van der Waals surface area contributed by atoms with Gasteiger partial charge in [-0.1, -0.05) is 28.2 Å². The number of amides is 1. The molecule has 0 bridgehead atoms. The Kier molecular flexibility index (Phi) is 5.33. The summed E-state index contributed by atoms with van der Waals surface area (Å²) < 4.78 is 47.4. The molecule has 3 aromatic rings. The van der Waals surface area contributed by atoms with Crippen LogP contribution in [0.1, 0.15) is 11.3 Å². The molecular formula is C17H11ClF3N3O2S. The standard InChI is InChI=1S/C17H11ClF3N3O2S/c1-9-15(27-24-23-9)26-16(25)22-12-5-2-10(3-6-12)13-8-11(17(19,20)21)4-7-14(13)18/h2-8H,1H3,(H,22,25). The summed E-state index contributed by atoms with van der Waals surface area (Å²) in [5, 5.41) is 6.71. The van der Waals surface area contributed by atoms with Gasteiger partial charge in [0.15, 0.2) is 0 Å². The molecule has 1 heterocycles. The Morgan fingerprint density at radius 1 is 1.19 bits per heavy atom. The van der Waals surface area contributed by atoms with Crippen LogP contribution in [0.5, 0.6) is 5.06 Å². The van der Waals surface area contributed by atoms with Crippen LogP contribution in [0.2, 0.25) is 5.02 Å². The van der Waals surface area contributed by atoms with E-state index in [4.69, 9.17) is 16.3 Å². The highest BCUT2D eigenvalue weighted by Crippen LogP contribution is 2.36. The highest BCUT2D eigenvalue weighted by Gasteiger charge is 2.31. The number of hydrogen-bond acceptors (Lipinski definition) is 5. The Labute approximate surface area is 160 Å². The topological polar surface area (TPSA) is 64.1 Å². The van der Waals surface area contributed by atoms with Gasteiger partial charge in [0.25, 0.3) is 0 Å². The summed E-state index contributed by atoms with van der Waals surface area (Å²) in [6.45, 7) is 1.65. The Morgan fingerprint density at radius 3 is 2.48 bits per heavy atom. The molecule has 1 N–H and O–H groups in total. The third kappa shape index (κ3) is 4.55. The molecule has 0 saturated heterocycles. The summed E-state index contributed by atoms with van der Waals surface area (Å²) in [6.07, 6.45) is -5.19. The average molecular weight is 414 g/mol. The molecule has 0 aliphatic heterocycles. The summed E-state index contributed by atoms with van der Waals surface area (Å²) in [6, 6.07) is 9.28. The molecule has 0 unspecified atom stereocenters. The van der Waals surface area contributed by atoms with Gasteiger partial charge in [0, 0.05) is 27.8 Å². The summed E-state index contributed by atoms with van der Waals surface area (Å²) in [7, 11) is 0. The average Bonchev–Trinajstić information content (AvgIpc) is 3.00. The summed E-state index contributed by atoms with van der Waals surface area (Å²) in [5.41, 5.74) is 0.826. The predicted octanol–water partition coefficient (Wildman–Crippen LogP) is 5.80. The van der Waals surface area contributed by atoms with Crippen LogP contribution in [0.25, 0.3) is 11.1 Å². The van der Waals surface area contributed by atoms with E-state index >= 15 is 0 Å². The molecule has 1 amide bonds. The number of ether oxygens (including phenoxy) is 1. The molecule has 0 spiro atoms. The lowest BCUT2D eigenvalue weighted by Gasteiger charge is -2.11. The van der Waals surface area contributed by atoms with Gasteiger partial charge in [-0.05, 0) is 42.8 Å². The van der Waals surface area contributed by atoms with Crippen molar-refractivity contribution in [2.24, 2.45) is 0 Å². The van der Waals surface area contributed by atoms with Crippen molar-refractivity contribution in [1.29, 1.82) is 0 Å². The van der Waals surface area contributed by atoms with Crippen molar-refractivity contribution in [3.63, 3.8) is 0 Å². The van der Waals surface area contributed by atoms with Crippen molar-refractivity contribution in [3.8, 4) is 16.2 Å². The molecule has 10 heteroatoms. The van der Waals surface area contributed by atoms with Gasteiger partial charge in [0.1, 0.15) is 5.69 Å². The van der Waals surface area contributed by atoms with Crippen LogP contribution < -0.4 is 10.1 Å². The van der Waals surface area contributed by atoms with E-state index in [1.165, 1.54) is 18.2 Å². The third-order valence-corrected chi connectivity index (χ3v) is 4.57. The smallest absolute Gasteiger partial charge is 0.395 e. The van der Waals surface area contributed by atoms with Crippen molar-refractivity contribution in [2.45, 2.75) is 13.1 Å². The number of benzene rings is 2. The molecule has 0 saturated carbocycles. The first kappa shape index (κ1) is 19.1. The lowest BCUT2D eigenvalue weighted by atomic mass is 10.0. The normalized spacial score (nSPS) is 11.3. The largest absolute Gasteiger partial charge is 0.418 e. The summed E-state index contributed by atoms with van der Waals surface area (Å²) >= 11 is 6.97. The number of hydrogen-bond donors (Lipinski definition) is 1. The third-order valence-electron chi connectivity index (χ3n) is 3.53. The number of aromatic nitrogens is 2. The first-order valence-electron chi connectivity index (χ1n) is 7.49. The molecule has 0 radical (unpaired) electrons. The second kappa shape index (κ2) is 7.53. The number of alkyl halides is 3. The van der Waals surface area contributed by atoms with Crippen molar-refractivity contribution in [2.75, 3.05) is 5.32 Å². The van der Waals surface area contributed by atoms with Gasteiger partial charge in [0.2, 0.25) is 5.06 Å². The molecule has 2 aromatic carbocycles. The van der Waals surface area contributed by atoms with Crippen LogP contribution in [-0.4, -0.2) is 15.7 Å². The highest BCUT2D eigenvalue weighted by atomic mass is 35.5. The quantitative estimate of drug-likeness (QED) is 0.589. The summed E-state index contributed by atoms with van der Waals surface area (Å²) in [4.78, 5) is 11.9. The van der Waals surface area contributed by atoms with E-state index in [1.807, 2.05) is 0 Å². The van der Waals surface area contributed by atoms with Gasteiger partial charge >= 0.3 is 12.3 Å². The zero-order valence-corrected chi connectivity index (χ0v) is 15.2. The number of rotatable bonds is 3. The van der Waals surface area contributed by atoms with Gasteiger partial charge in [-0.25, -0.2) is 4.79 Å². The van der Waals surface area contributed by atoms with Gasteiger partial charge in [-0.2, -0.15) is 13.2 Å². The van der Waals surface area contributed by atoms with E-state index in [0.29, 0.717) is 16.9 Å². The van der Waals surface area contributed by atoms with Crippen LogP contribution in [0.3, 0.4) is 0 Å². The van der Waals surface area contributed by atoms with Gasteiger partial charge in [-0.15, -0.1) is 5.10 Å². The number of nitrogens with zero attached hydrogens (tertiary/aromatic N) is 2. The summed E-state index contributed by atoms with van der Waals surface area (Å²) in [5.74, 6) is 0. The Balaban J connectivity index is 1.76. The highest BCUT2D eigenvalue weighted by molar-refractivity contribution is 7.07. The number of aryl methyl sites for hydroxylation is 1. The number of anilines is 1. The predicted molar refractivity (Wildman–Crippen MR) is 96.2 cm³/mol. The first-order chi connectivity index (χ1) is 12.7. The van der Waals surface area contributed by atoms with Crippen molar-refractivity contribution in [3.05, 3.63) is 58.7 Å². The molecular weight excluding hydrogens is 403 g/mol. The van der Waals surface area contributed by atoms with Crippen molar-refractivity contribution < 1.29 is 22.7 Å². The molecule has 1 aromatic heterocycles. The molecule has 0 atom stereocenters. The lowest BCUT2D eigenvalue weighted by molar-refractivity contribution is -0.137. The maximum atomic E-state index is 12.9. The van der Waals surface area contributed by atoms with E-state index < -0.39 is 17.8 Å². The van der Waals surface area contributed by atoms with Crippen molar-refractivity contribution >= 4 is 34.9 Å². The molecule has 27 heavy (non-hydrogen) atoms. The second-order valence-electron chi connectivity index (χ2n) is 5.43. The molecule has 140 valence electrons. The Bertz CT molecular complexity index is 974. The lowest BCUT2D eigenvalue weighted by Crippen LogP contribution is -2.16. The SMILES string of the molecule is Cc1nnsc1OC(=O)Nc1ccc(-c2cc(C(F)(F)F)ccc2Cl)cc1. The van der Waals surface area contributed by atoms with E-state index in [-0.39, 0.29) is 15.6 Å². The molecule has 5 nitrogen and oxygen atoms in total. The van der Waals surface area contributed by atoms with Gasteiger partial charge < -0.3 is 4.74 Å². The number of nitrogens with one attached hydrogen (secondary N) is 1. The minimum atomic E-state index is -4.46. The number of carbonyl (C=O) groups excluding carboxylic acids is 1. The first-order valence-corrected chi connectivity index (χ1v) is 8.64. The Hall–Kier alpha value is -2.65. The fourth-order valence-corrected chi connectivity index (χ4v) is 2.95. The van der Waals surface area contributed by atoms with Crippen LogP contribution in [0.4, 0.5) is 23.7 Å². The second-order valence-corrected chi connectivity index (χ2v) is 6.55. The van der Waals surface area contributed by atoms with Gasteiger partial charge in [0.05, 0.1) is 5.56 Å². The van der Waals surface area contributed by atoms with Crippen LogP contribution in [0.15, 0.2) is 42.5 Å². The van der Waals surface area contributed by atoms with E-state index in [0.717, 1.165) is 23.7 Å².